The van der Waals surface area contributed by atoms with Gasteiger partial charge in [0.25, 0.3) is 26.0 Å². The Morgan fingerprint density at radius 2 is 1.01 bits per heavy atom. The van der Waals surface area contributed by atoms with E-state index in [4.69, 9.17) is 60.7 Å². The molecule has 0 radical (unpaired) electrons. The number of ketones is 1. The average molecular weight is 1300 g/mol. The topological polar surface area (TPSA) is 166 Å². The zero-order valence-corrected chi connectivity index (χ0v) is 49.2. The molecule has 416 valence electrons. The molecule has 4 aromatic carbocycles. The molecule has 14 nitrogen and oxygen atoms in total. The third-order valence-corrected chi connectivity index (χ3v) is 17.4. The van der Waals surface area contributed by atoms with Crippen LogP contribution in [0.2, 0.25) is 20.1 Å². The van der Waals surface area contributed by atoms with Gasteiger partial charge >= 0.3 is 12.4 Å². The molecule has 0 saturated heterocycles. The number of amides is 1. The van der Waals surface area contributed by atoms with Crippen LogP contribution in [0.5, 0.6) is 0 Å². The molecule has 0 aliphatic carbocycles. The van der Waals surface area contributed by atoms with Crippen molar-refractivity contribution in [2.75, 3.05) is 63.0 Å². The summed E-state index contributed by atoms with van der Waals surface area (Å²) in [6.07, 6.45) is -6.00. The van der Waals surface area contributed by atoms with Crippen molar-refractivity contribution in [1.29, 1.82) is 0 Å². The molecule has 2 heterocycles. The van der Waals surface area contributed by atoms with Gasteiger partial charge in [-0.05, 0) is 115 Å². The summed E-state index contributed by atoms with van der Waals surface area (Å²) < 4.78 is 144. The van der Waals surface area contributed by atoms with E-state index in [2.05, 4.69) is 25.9 Å². The van der Waals surface area contributed by atoms with E-state index in [0.29, 0.717) is 32.6 Å². The molecule has 6 rings (SSSR count). The van der Waals surface area contributed by atoms with Gasteiger partial charge in [0, 0.05) is 36.6 Å². The van der Waals surface area contributed by atoms with Crippen molar-refractivity contribution in [2.45, 2.75) is 45.8 Å². The number of hydrogen-bond acceptors (Lipinski definition) is 13. The molecule has 29 heteroatoms. The number of carbonyl (C=O) groups excluding carboxylic acids is 2. The summed E-state index contributed by atoms with van der Waals surface area (Å²) in [5.74, 6) is -0.726. The summed E-state index contributed by atoms with van der Waals surface area (Å²) >= 11 is 29.5. The number of benzene rings is 4. The summed E-state index contributed by atoms with van der Waals surface area (Å²) in [4.78, 5) is 38.7. The molecule has 0 aliphatic heterocycles. The number of aromatic nitrogens is 2. The summed E-state index contributed by atoms with van der Waals surface area (Å²) in [5.41, 5.74) is -1.46. The van der Waals surface area contributed by atoms with Crippen LogP contribution in [-0.2, 0) is 46.7 Å². The molecular weight excluding hydrogens is 1250 g/mol. The highest BCUT2D eigenvalue weighted by atomic mass is 79.9. The van der Waals surface area contributed by atoms with E-state index in [0.717, 1.165) is 33.5 Å². The smallest absolute Gasteiger partial charge is 0.363 e. The number of anilines is 2. The Bertz CT molecular complexity index is 3350. The highest BCUT2D eigenvalue weighted by Gasteiger charge is 2.38. The monoisotopic (exact) mass is 1290 g/mol. The van der Waals surface area contributed by atoms with Gasteiger partial charge in [-0.3, -0.25) is 14.4 Å². The normalized spacial score (nSPS) is 11.7. The largest absolute Gasteiger partial charge is 0.417 e. The zero-order valence-electron chi connectivity index (χ0n) is 41.4. The number of hydrogen-bond donors (Lipinski definition) is 0. The number of nitrogens with zero attached hydrogens (tertiary/aromatic N) is 5. The van der Waals surface area contributed by atoms with Crippen LogP contribution in [0.15, 0.2) is 121 Å². The van der Waals surface area contributed by atoms with Crippen molar-refractivity contribution in [3.63, 3.8) is 0 Å². The molecule has 0 fully saturated rings. The molecule has 0 aliphatic rings. The van der Waals surface area contributed by atoms with Gasteiger partial charge in [0.05, 0.1) is 76.4 Å². The van der Waals surface area contributed by atoms with Crippen LogP contribution in [0.1, 0.15) is 48.9 Å². The maximum atomic E-state index is 13.6. The number of hydroxylamine groups is 2. The molecule has 0 spiro atoms. The highest BCUT2D eigenvalue weighted by Crippen LogP contribution is 2.40. The van der Waals surface area contributed by atoms with Crippen LogP contribution < -0.4 is 8.61 Å². The van der Waals surface area contributed by atoms with E-state index in [9.17, 15) is 52.8 Å². The lowest BCUT2D eigenvalue weighted by atomic mass is 10.1. The van der Waals surface area contributed by atoms with E-state index < -0.39 is 82.6 Å². The minimum Gasteiger partial charge on any atom is -0.363 e. The Kier molecular flexibility index (Phi) is 23.4. The van der Waals surface area contributed by atoms with Gasteiger partial charge in [0.15, 0.2) is 0 Å². The molecule has 6 aromatic rings. The van der Waals surface area contributed by atoms with Crippen LogP contribution >= 0.6 is 85.9 Å². The average Bonchev–Trinajstić information content (AvgIpc) is 3.38. The molecule has 77 heavy (non-hydrogen) atoms. The van der Waals surface area contributed by atoms with E-state index in [1.807, 2.05) is 24.5 Å². The van der Waals surface area contributed by atoms with Crippen molar-refractivity contribution in [2.24, 2.45) is 0 Å². The fourth-order valence-electron chi connectivity index (χ4n) is 6.47. The lowest BCUT2D eigenvalue weighted by molar-refractivity contribution is -0.138. The van der Waals surface area contributed by atoms with Crippen molar-refractivity contribution in [3.05, 3.63) is 161 Å². The lowest BCUT2D eigenvalue weighted by Gasteiger charge is -2.26. The van der Waals surface area contributed by atoms with Gasteiger partial charge < -0.3 is 9.47 Å². The third-order valence-electron chi connectivity index (χ3n) is 10.4. The first-order valence-electron chi connectivity index (χ1n) is 21.3. The van der Waals surface area contributed by atoms with Crippen molar-refractivity contribution in [1.82, 2.24) is 15.0 Å². The highest BCUT2D eigenvalue weighted by molar-refractivity contribution is 9.10. The van der Waals surface area contributed by atoms with Crippen LogP contribution in [0.4, 0.5) is 37.7 Å². The zero-order chi connectivity index (χ0) is 58.0. The first-order chi connectivity index (χ1) is 35.9. The Hall–Kier alpha value is -4.38. The number of rotatable bonds is 16. The number of pyridine rings is 2. The van der Waals surface area contributed by atoms with E-state index in [1.54, 1.807) is 62.3 Å². The number of alkyl halides is 6. The summed E-state index contributed by atoms with van der Waals surface area (Å²) in [6, 6.07) is 21.2. The fourth-order valence-corrected chi connectivity index (χ4v) is 11.9. The number of thioether (sulfide) groups is 2. The van der Waals surface area contributed by atoms with Crippen LogP contribution in [0, 0.1) is 13.8 Å². The first kappa shape index (κ1) is 65.1. The molecule has 0 N–H and O–H groups in total. The van der Waals surface area contributed by atoms with Crippen molar-refractivity contribution < 1.29 is 67.1 Å². The van der Waals surface area contributed by atoms with Crippen LogP contribution in [-0.4, -0.2) is 97.9 Å². The standard InChI is InChI=1S/C23H19Cl2F3N2O4S2.C15H12BrCl2F3N2O3S.C10H13NO2S/c1-13-18(25)11-19(21(29-13)22(31)15-6-4-5-7-20(15)35-3)30(12-34-2)36(32,33)14-8-9-17(24)16(10-14)23(26,27)28;1-8-12(18)6-13(14(16)22-8)23(7-26-2)27(24,25)9-3-4-11(17)10(5-9)15(19,20)21;1-11(13-2)10(12)8-6-4-5-7-9(8)14-3/h4-11H,12H2,1-3H3;3-6H,7H2,1-2H3;4-7H,1-3H3. The Morgan fingerprint density at radius 1 is 0.610 bits per heavy atom. The van der Waals surface area contributed by atoms with Crippen molar-refractivity contribution in [3.8, 4) is 0 Å². The summed E-state index contributed by atoms with van der Waals surface area (Å²) in [5, 5.41) is 0.166. The van der Waals surface area contributed by atoms with Gasteiger partial charge in [0.2, 0.25) is 5.78 Å². The van der Waals surface area contributed by atoms with E-state index >= 15 is 0 Å². The molecule has 1 amide bonds. The van der Waals surface area contributed by atoms with Gasteiger partial charge in [-0.2, -0.15) is 26.3 Å². The predicted octanol–water partition coefficient (Wildman–Crippen LogP) is 13.8. The molecule has 2 aromatic heterocycles. The number of ether oxygens (including phenoxy) is 2. The van der Waals surface area contributed by atoms with Gasteiger partial charge in [-0.15, -0.1) is 23.5 Å². The second kappa shape index (κ2) is 27.7. The minimum absolute atomic E-state index is 0.0101. The first-order valence-corrected chi connectivity index (χ1v) is 29.0. The lowest BCUT2D eigenvalue weighted by Crippen LogP contribution is -2.34. The second-order valence-corrected chi connectivity index (χ2v) is 23.1. The maximum Gasteiger partial charge on any atom is 0.417 e. The molecule has 0 bridgehead atoms. The molecule has 0 atom stereocenters. The van der Waals surface area contributed by atoms with Crippen molar-refractivity contribution >= 4 is 129 Å². The van der Waals surface area contributed by atoms with E-state index in [-0.39, 0.29) is 48.9 Å². The molecular formula is C48H44BrCl4F6N5O9S4. The number of methoxy groups -OCH3 is 2. The van der Waals surface area contributed by atoms with Gasteiger partial charge in [0.1, 0.15) is 23.8 Å². The number of carbonyl (C=O) groups is 2. The number of halogens is 11. The van der Waals surface area contributed by atoms with Gasteiger partial charge in [-0.25, -0.2) is 40.5 Å². The van der Waals surface area contributed by atoms with Crippen LogP contribution in [0.25, 0.3) is 0 Å². The van der Waals surface area contributed by atoms with Gasteiger partial charge in [-0.1, -0.05) is 70.7 Å². The number of aryl methyl sites for hydroxylation is 2. The molecule has 0 unspecified atom stereocenters. The predicted molar refractivity (Wildman–Crippen MR) is 291 cm³/mol. The minimum atomic E-state index is -4.90. The fraction of sp³-hybridized carbons (Fsp3) is 0.250. The summed E-state index contributed by atoms with van der Waals surface area (Å²) in [6.45, 7) is 2.03. The summed E-state index contributed by atoms with van der Waals surface area (Å²) in [7, 11) is -3.65. The molecule has 0 saturated carbocycles. The Balaban J connectivity index is 0.000000273. The Labute approximate surface area is 477 Å². The van der Waals surface area contributed by atoms with E-state index in [1.165, 1.54) is 57.2 Å². The second-order valence-electron chi connectivity index (χ2n) is 15.3. The number of sulfonamides is 2. The van der Waals surface area contributed by atoms with Crippen LogP contribution in [0.3, 0.4) is 0 Å². The Morgan fingerprint density at radius 3 is 1.44 bits per heavy atom. The third kappa shape index (κ3) is 15.9. The SMILES string of the molecule is COCN(c1cc(Cl)c(C)nc1Br)S(=O)(=O)c1ccc(Cl)c(C(F)(F)F)c1.COCN(c1cc(Cl)c(C)nc1C(=O)c1ccccc1SC)S(=O)(=O)c1ccc(Cl)c(C(F)(F)F)c1.CON(C)C(=O)c1ccccc1SC. The quantitative estimate of drug-likeness (QED) is 0.0225. The maximum absolute atomic E-state index is 13.6.